The molecule has 0 aromatic carbocycles. The fourth-order valence-corrected chi connectivity index (χ4v) is 2.47. The molecular weight excluding hydrogens is 318 g/mol. The number of nitrogens with one attached hydrogen (secondary N) is 1. The van der Waals surface area contributed by atoms with Crippen LogP contribution in [0.4, 0.5) is 0 Å². The van der Waals surface area contributed by atoms with Crippen molar-refractivity contribution < 1.29 is 9.47 Å². The Labute approximate surface area is 146 Å². The first kappa shape index (κ1) is 16.9. The molecule has 130 valence electrons. The molecule has 7 heteroatoms. The molecule has 0 amide bonds. The van der Waals surface area contributed by atoms with Gasteiger partial charge in [-0.25, -0.2) is 9.97 Å². The quantitative estimate of drug-likeness (QED) is 0.636. The molecule has 0 aliphatic heterocycles. The highest BCUT2D eigenvalue weighted by atomic mass is 16.5. The van der Waals surface area contributed by atoms with Crippen LogP contribution in [0.25, 0.3) is 16.9 Å². The summed E-state index contributed by atoms with van der Waals surface area (Å²) in [7, 11) is 1.62. The van der Waals surface area contributed by atoms with Crippen LogP contribution in [-0.2, 0) is 6.54 Å². The van der Waals surface area contributed by atoms with Crippen molar-refractivity contribution in [3.8, 4) is 22.9 Å². The SMILES string of the molecule is C=CCOc1nc(-c2cc(CNCC)ncc2OC)cn2ccnc12. The summed E-state index contributed by atoms with van der Waals surface area (Å²) in [5.74, 6) is 1.11. The van der Waals surface area contributed by atoms with Crippen LogP contribution >= 0.6 is 0 Å². The van der Waals surface area contributed by atoms with Gasteiger partial charge in [0, 0.05) is 30.7 Å². The zero-order chi connectivity index (χ0) is 17.6. The Balaban J connectivity index is 2.09. The molecule has 0 bridgehead atoms. The standard InChI is InChI=1S/C18H21N5O2/c1-4-8-25-18-17-20-6-7-23(17)12-15(22-18)14-9-13(10-19-5-2)21-11-16(14)24-3/h4,6-7,9,11-12,19H,1,5,8,10H2,2-3H3. The molecule has 0 radical (unpaired) electrons. The lowest BCUT2D eigenvalue weighted by Gasteiger charge is -2.12. The van der Waals surface area contributed by atoms with Crippen molar-refractivity contribution in [3.05, 3.63) is 49.2 Å². The minimum absolute atomic E-state index is 0.359. The molecule has 0 aliphatic carbocycles. The van der Waals surface area contributed by atoms with E-state index >= 15 is 0 Å². The molecule has 0 saturated carbocycles. The summed E-state index contributed by atoms with van der Waals surface area (Å²) in [5, 5.41) is 3.27. The predicted molar refractivity (Wildman–Crippen MR) is 95.8 cm³/mol. The number of imidazole rings is 1. The van der Waals surface area contributed by atoms with Gasteiger partial charge in [0.15, 0.2) is 0 Å². The summed E-state index contributed by atoms with van der Waals surface area (Å²) in [6, 6.07) is 1.98. The molecule has 7 nitrogen and oxygen atoms in total. The molecule has 0 saturated heterocycles. The number of ether oxygens (including phenoxy) is 2. The fraction of sp³-hybridized carbons (Fsp3) is 0.278. The molecule has 0 unspecified atom stereocenters. The first-order chi connectivity index (χ1) is 12.3. The Hall–Kier alpha value is -2.93. The van der Waals surface area contributed by atoms with E-state index in [0.29, 0.717) is 30.4 Å². The van der Waals surface area contributed by atoms with E-state index in [-0.39, 0.29) is 0 Å². The summed E-state index contributed by atoms with van der Waals surface area (Å²) >= 11 is 0. The average Bonchev–Trinajstić information content (AvgIpc) is 3.12. The Morgan fingerprint density at radius 2 is 2.24 bits per heavy atom. The van der Waals surface area contributed by atoms with Crippen LogP contribution in [0.1, 0.15) is 12.6 Å². The Morgan fingerprint density at radius 3 is 3.00 bits per heavy atom. The van der Waals surface area contributed by atoms with Crippen molar-refractivity contribution in [2.75, 3.05) is 20.3 Å². The van der Waals surface area contributed by atoms with Crippen LogP contribution in [-0.4, -0.2) is 39.6 Å². The molecule has 3 aromatic heterocycles. The average molecular weight is 339 g/mol. The second kappa shape index (κ2) is 7.76. The lowest BCUT2D eigenvalue weighted by molar-refractivity contribution is 0.351. The van der Waals surface area contributed by atoms with Crippen molar-refractivity contribution in [2.45, 2.75) is 13.5 Å². The first-order valence-electron chi connectivity index (χ1n) is 8.08. The Morgan fingerprint density at radius 1 is 1.36 bits per heavy atom. The fourth-order valence-electron chi connectivity index (χ4n) is 2.47. The molecule has 25 heavy (non-hydrogen) atoms. The van der Waals surface area contributed by atoms with Crippen LogP contribution in [0.3, 0.4) is 0 Å². The van der Waals surface area contributed by atoms with Crippen LogP contribution < -0.4 is 14.8 Å². The number of methoxy groups -OCH3 is 1. The van der Waals surface area contributed by atoms with Crippen molar-refractivity contribution >= 4 is 5.65 Å². The van der Waals surface area contributed by atoms with Crippen LogP contribution in [0.5, 0.6) is 11.6 Å². The van der Waals surface area contributed by atoms with E-state index in [9.17, 15) is 0 Å². The van der Waals surface area contributed by atoms with Gasteiger partial charge in [-0.3, -0.25) is 4.98 Å². The molecule has 3 aromatic rings. The van der Waals surface area contributed by atoms with Crippen molar-refractivity contribution in [2.24, 2.45) is 0 Å². The van der Waals surface area contributed by atoms with E-state index in [4.69, 9.17) is 9.47 Å². The second-order valence-electron chi connectivity index (χ2n) is 5.35. The predicted octanol–water partition coefficient (Wildman–Crippen LogP) is 2.47. The molecule has 1 N–H and O–H groups in total. The lowest BCUT2D eigenvalue weighted by atomic mass is 10.1. The third-order valence-corrected chi connectivity index (χ3v) is 3.66. The minimum Gasteiger partial charge on any atom is -0.494 e. The Bertz CT molecular complexity index is 875. The van der Waals surface area contributed by atoms with E-state index in [1.165, 1.54) is 0 Å². The van der Waals surface area contributed by atoms with Gasteiger partial charge in [0.25, 0.3) is 5.88 Å². The monoisotopic (exact) mass is 339 g/mol. The third kappa shape index (κ3) is 3.61. The van der Waals surface area contributed by atoms with Gasteiger partial charge in [-0.1, -0.05) is 19.6 Å². The zero-order valence-electron chi connectivity index (χ0n) is 14.4. The maximum Gasteiger partial charge on any atom is 0.259 e. The topological polar surface area (TPSA) is 73.6 Å². The molecule has 0 spiro atoms. The lowest BCUT2D eigenvalue weighted by Crippen LogP contribution is -2.13. The van der Waals surface area contributed by atoms with Gasteiger partial charge < -0.3 is 19.2 Å². The minimum atomic E-state index is 0.359. The number of nitrogens with zero attached hydrogens (tertiary/aromatic N) is 4. The molecule has 0 aliphatic rings. The summed E-state index contributed by atoms with van der Waals surface area (Å²) in [6.07, 6.45) is 8.86. The zero-order valence-corrected chi connectivity index (χ0v) is 14.4. The molecule has 3 rings (SSSR count). The highest BCUT2D eigenvalue weighted by Gasteiger charge is 2.14. The van der Waals surface area contributed by atoms with Gasteiger partial charge in [0.1, 0.15) is 12.4 Å². The van der Waals surface area contributed by atoms with Gasteiger partial charge in [-0.15, -0.1) is 0 Å². The third-order valence-electron chi connectivity index (χ3n) is 3.66. The summed E-state index contributed by atoms with van der Waals surface area (Å²) in [4.78, 5) is 13.3. The number of fused-ring (bicyclic) bond motifs is 1. The number of pyridine rings is 1. The highest BCUT2D eigenvalue weighted by molar-refractivity contribution is 5.69. The normalized spacial score (nSPS) is 10.8. The number of rotatable bonds is 8. The van der Waals surface area contributed by atoms with Crippen molar-refractivity contribution in [1.82, 2.24) is 24.7 Å². The van der Waals surface area contributed by atoms with Crippen molar-refractivity contribution in [3.63, 3.8) is 0 Å². The molecule has 0 atom stereocenters. The number of aromatic nitrogens is 4. The van der Waals surface area contributed by atoms with Crippen LogP contribution in [0, 0.1) is 0 Å². The van der Waals surface area contributed by atoms with Gasteiger partial charge in [-0.05, 0) is 12.6 Å². The Kier molecular flexibility index (Phi) is 5.25. The smallest absolute Gasteiger partial charge is 0.259 e. The first-order valence-corrected chi connectivity index (χ1v) is 8.08. The van der Waals surface area contributed by atoms with E-state index in [1.807, 2.05) is 22.9 Å². The van der Waals surface area contributed by atoms with E-state index < -0.39 is 0 Å². The van der Waals surface area contributed by atoms with E-state index in [0.717, 1.165) is 23.5 Å². The molecule has 3 heterocycles. The maximum absolute atomic E-state index is 5.68. The van der Waals surface area contributed by atoms with Crippen molar-refractivity contribution in [1.29, 1.82) is 0 Å². The summed E-state index contributed by atoms with van der Waals surface area (Å²) < 4.78 is 13.0. The van der Waals surface area contributed by atoms with Gasteiger partial charge >= 0.3 is 0 Å². The summed E-state index contributed by atoms with van der Waals surface area (Å²) in [5.41, 5.74) is 3.15. The second-order valence-corrected chi connectivity index (χ2v) is 5.35. The van der Waals surface area contributed by atoms with Gasteiger partial charge in [-0.2, -0.15) is 0 Å². The van der Waals surface area contributed by atoms with Crippen LogP contribution in [0.2, 0.25) is 0 Å². The van der Waals surface area contributed by atoms with E-state index in [1.54, 1.807) is 25.6 Å². The maximum atomic E-state index is 5.68. The number of hydrogen-bond donors (Lipinski definition) is 1. The summed E-state index contributed by atoms with van der Waals surface area (Å²) in [6.45, 7) is 7.65. The van der Waals surface area contributed by atoms with Crippen LogP contribution in [0.15, 0.2) is 43.5 Å². The van der Waals surface area contributed by atoms with E-state index in [2.05, 4.69) is 33.8 Å². The molecule has 0 fully saturated rings. The highest BCUT2D eigenvalue weighted by Crippen LogP contribution is 2.30. The number of hydrogen-bond acceptors (Lipinski definition) is 6. The van der Waals surface area contributed by atoms with Gasteiger partial charge in [0.05, 0.1) is 24.7 Å². The largest absolute Gasteiger partial charge is 0.494 e. The van der Waals surface area contributed by atoms with Gasteiger partial charge in [0.2, 0.25) is 5.65 Å². The molecular formula is C18H21N5O2.